The predicted octanol–water partition coefficient (Wildman–Crippen LogP) is 3.15. The molecule has 0 radical (unpaired) electrons. The van der Waals surface area contributed by atoms with Crippen LogP contribution in [0.1, 0.15) is 64.9 Å². The number of pyridine rings is 1. The van der Waals surface area contributed by atoms with E-state index in [9.17, 15) is 15.0 Å². The summed E-state index contributed by atoms with van der Waals surface area (Å²) in [5.41, 5.74) is 3.07. The number of nitrogens with zero attached hydrogens (tertiary/aromatic N) is 4. The summed E-state index contributed by atoms with van der Waals surface area (Å²) >= 11 is 0. The summed E-state index contributed by atoms with van der Waals surface area (Å²) in [7, 11) is 0. The van der Waals surface area contributed by atoms with Gasteiger partial charge in [-0.15, -0.1) is 0 Å². The van der Waals surface area contributed by atoms with Crippen LogP contribution in [-0.4, -0.2) is 54.0 Å². The van der Waals surface area contributed by atoms with Crippen LogP contribution in [0.5, 0.6) is 0 Å². The van der Waals surface area contributed by atoms with Crippen LogP contribution in [0.2, 0.25) is 0 Å². The van der Waals surface area contributed by atoms with Gasteiger partial charge >= 0.3 is 0 Å². The Balaban J connectivity index is 1.86. The summed E-state index contributed by atoms with van der Waals surface area (Å²) in [6.45, 7) is 12.8. The Morgan fingerprint density at radius 3 is 2.14 bits per heavy atom. The highest BCUT2D eigenvalue weighted by atomic mass is 16.3. The summed E-state index contributed by atoms with van der Waals surface area (Å²) in [6, 6.07) is 8.92. The molecular weight excluding hydrogens is 468 g/mol. The van der Waals surface area contributed by atoms with Crippen LogP contribution in [0.15, 0.2) is 53.7 Å². The van der Waals surface area contributed by atoms with Gasteiger partial charge in [0.1, 0.15) is 5.65 Å². The second-order valence-electron chi connectivity index (χ2n) is 11.5. The molecule has 3 aromatic heterocycles. The molecule has 0 saturated carbocycles. The van der Waals surface area contributed by atoms with Crippen LogP contribution in [0.3, 0.4) is 0 Å². The number of aliphatic hydroxyl groups is 2. The van der Waals surface area contributed by atoms with E-state index in [-0.39, 0.29) is 16.6 Å². The van der Waals surface area contributed by atoms with Gasteiger partial charge in [0, 0.05) is 59.1 Å². The SMILES string of the molecule is CC(C)(C)NC[C@H](O)c1cc(-c2cc([C@@H](O)CNC(C)(C)C)c3nccc(=O)n3c2)cc2ccnnc12. The largest absolute Gasteiger partial charge is 0.387 e. The minimum Gasteiger partial charge on any atom is -0.387 e. The zero-order valence-electron chi connectivity index (χ0n) is 22.3. The maximum Gasteiger partial charge on any atom is 0.257 e. The number of fused-ring (bicyclic) bond motifs is 2. The fourth-order valence-electron chi connectivity index (χ4n) is 4.14. The molecule has 3 heterocycles. The third-order valence-electron chi connectivity index (χ3n) is 6.07. The number of benzene rings is 1. The lowest BCUT2D eigenvalue weighted by Gasteiger charge is -2.24. The number of rotatable bonds is 7. The van der Waals surface area contributed by atoms with Gasteiger partial charge < -0.3 is 20.8 Å². The van der Waals surface area contributed by atoms with E-state index in [1.165, 1.54) is 16.7 Å². The van der Waals surface area contributed by atoms with Crippen LogP contribution >= 0.6 is 0 Å². The van der Waals surface area contributed by atoms with Gasteiger partial charge in [-0.2, -0.15) is 10.2 Å². The van der Waals surface area contributed by atoms with Gasteiger partial charge in [0.2, 0.25) is 0 Å². The number of aromatic nitrogens is 4. The highest BCUT2D eigenvalue weighted by Crippen LogP contribution is 2.32. The van der Waals surface area contributed by atoms with Gasteiger partial charge in [-0.05, 0) is 76.9 Å². The van der Waals surface area contributed by atoms with Crippen LogP contribution in [-0.2, 0) is 0 Å². The van der Waals surface area contributed by atoms with E-state index in [4.69, 9.17) is 0 Å². The summed E-state index contributed by atoms with van der Waals surface area (Å²) in [5.74, 6) is 0. The molecule has 196 valence electrons. The third-order valence-corrected chi connectivity index (χ3v) is 6.07. The first-order chi connectivity index (χ1) is 17.3. The standard InChI is InChI=1S/C28H36N6O3/c1-27(2,3)30-14-22(35)20-12-18(11-17-7-10-32-33-25(17)20)19-13-21(23(36)15-31-28(4,5)6)26-29-9-8-24(37)34(26)16-19/h7-13,16,22-23,30-31,35-36H,14-15H2,1-6H3/t22-,23-/m0/s1. The minimum atomic E-state index is -0.893. The molecule has 0 unspecified atom stereocenters. The summed E-state index contributed by atoms with van der Waals surface area (Å²) in [4.78, 5) is 17.2. The molecular formula is C28H36N6O3. The van der Waals surface area contributed by atoms with Crippen molar-refractivity contribution < 1.29 is 10.2 Å². The second-order valence-corrected chi connectivity index (χ2v) is 11.5. The Labute approximate surface area is 216 Å². The monoisotopic (exact) mass is 504 g/mol. The highest BCUT2D eigenvalue weighted by Gasteiger charge is 2.21. The lowest BCUT2D eigenvalue weighted by Crippen LogP contribution is -2.38. The van der Waals surface area contributed by atoms with Crippen molar-refractivity contribution in [2.24, 2.45) is 0 Å². The van der Waals surface area contributed by atoms with Crippen molar-refractivity contribution in [3.05, 3.63) is 70.4 Å². The lowest BCUT2D eigenvalue weighted by atomic mass is 9.96. The molecule has 0 spiro atoms. The van der Waals surface area contributed by atoms with Gasteiger partial charge in [0.05, 0.1) is 23.9 Å². The first kappa shape index (κ1) is 26.8. The third kappa shape index (κ3) is 6.37. The molecule has 0 aliphatic carbocycles. The van der Waals surface area contributed by atoms with Gasteiger partial charge in [-0.3, -0.25) is 9.20 Å². The van der Waals surface area contributed by atoms with E-state index < -0.39 is 12.2 Å². The van der Waals surface area contributed by atoms with E-state index in [1.54, 1.807) is 12.4 Å². The molecule has 0 aliphatic rings. The molecule has 0 amide bonds. The van der Waals surface area contributed by atoms with Gasteiger partial charge in [-0.25, -0.2) is 4.98 Å². The van der Waals surface area contributed by atoms with Crippen molar-refractivity contribution >= 4 is 16.6 Å². The molecule has 0 aliphatic heterocycles. The fraction of sp³-hybridized carbons (Fsp3) is 0.429. The Morgan fingerprint density at radius 2 is 1.49 bits per heavy atom. The predicted molar refractivity (Wildman–Crippen MR) is 145 cm³/mol. The number of nitrogens with one attached hydrogen (secondary N) is 2. The second kappa shape index (κ2) is 10.3. The molecule has 0 saturated heterocycles. The highest BCUT2D eigenvalue weighted by molar-refractivity contribution is 5.87. The Kier molecular flexibility index (Phi) is 7.43. The number of β-amino-alcohol motifs (C(OH)–C–C–N with tert-alkyl or cyclic N) is 2. The van der Waals surface area contributed by atoms with Crippen molar-refractivity contribution in [3.63, 3.8) is 0 Å². The zero-order valence-corrected chi connectivity index (χ0v) is 22.3. The first-order valence-corrected chi connectivity index (χ1v) is 12.5. The molecule has 4 N–H and O–H groups in total. The van der Waals surface area contributed by atoms with Crippen molar-refractivity contribution in [1.82, 2.24) is 30.2 Å². The van der Waals surface area contributed by atoms with E-state index in [0.717, 1.165) is 10.9 Å². The molecule has 2 atom stereocenters. The summed E-state index contributed by atoms with van der Waals surface area (Å²) in [6.07, 6.45) is 3.06. The van der Waals surface area contributed by atoms with Crippen molar-refractivity contribution in [2.45, 2.75) is 64.8 Å². The topological polar surface area (TPSA) is 125 Å². The van der Waals surface area contributed by atoms with Crippen LogP contribution in [0.4, 0.5) is 0 Å². The summed E-state index contributed by atoms with van der Waals surface area (Å²) in [5, 5.41) is 38.0. The maximum absolute atomic E-state index is 12.8. The van der Waals surface area contributed by atoms with Gasteiger partial charge in [0.25, 0.3) is 5.56 Å². The van der Waals surface area contributed by atoms with Crippen LogP contribution in [0, 0.1) is 0 Å². The molecule has 9 heteroatoms. The smallest absolute Gasteiger partial charge is 0.257 e. The molecule has 9 nitrogen and oxygen atoms in total. The number of aliphatic hydroxyl groups excluding tert-OH is 2. The van der Waals surface area contributed by atoms with Crippen molar-refractivity contribution in [1.29, 1.82) is 0 Å². The minimum absolute atomic E-state index is 0.168. The van der Waals surface area contributed by atoms with Gasteiger partial charge in [-0.1, -0.05) is 0 Å². The van der Waals surface area contributed by atoms with E-state index in [0.29, 0.717) is 40.9 Å². The average Bonchev–Trinajstić information content (AvgIpc) is 2.84. The molecule has 4 rings (SSSR count). The Hall–Kier alpha value is -3.24. The van der Waals surface area contributed by atoms with E-state index >= 15 is 0 Å². The maximum atomic E-state index is 12.8. The van der Waals surface area contributed by atoms with Crippen LogP contribution < -0.4 is 16.2 Å². The quantitative estimate of drug-likeness (QED) is 0.303. The number of hydrogen-bond acceptors (Lipinski definition) is 8. The fourth-order valence-corrected chi connectivity index (χ4v) is 4.14. The van der Waals surface area contributed by atoms with Crippen LogP contribution in [0.25, 0.3) is 27.7 Å². The average molecular weight is 505 g/mol. The molecule has 0 fully saturated rings. The normalized spacial score (nSPS) is 14.3. The van der Waals surface area contributed by atoms with E-state index in [2.05, 4.69) is 25.8 Å². The molecule has 0 bridgehead atoms. The molecule has 4 aromatic rings. The Bertz CT molecular complexity index is 1470. The van der Waals surface area contributed by atoms with Crippen molar-refractivity contribution in [3.8, 4) is 11.1 Å². The lowest BCUT2D eigenvalue weighted by molar-refractivity contribution is 0.164. The zero-order chi connectivity index (χ0) is 27.0. The van der Waals surface area contributed by atoms with Gasteiger partial charge in [0.15, 0.2) is 0 Å². The van der Waals surface area contributed by atoms with E-state index in [1.807, 2.05) is 65.8 Å². The molecule has 37 heavy (non-hydrogen) atoms. The Morgan fingerprint density at radius 1 is 0.865 bits per heavy atom. The first-order valence-electron chi connectivity index (χ1n) is 12.5. The number of hydrogen-bond donors (Lipinski definition) is 4. The molecule has 1 aromatic carbocycles. The summed E-state index contributed by atoms with van der Waals surface area (Å²) < 4.78 is 1.46. The van der Waals surface area contributed by atoms with Crippen molar-refractivity contribution in [2.75, 3.05) is 13.1 Å².